The van der Waals surface area contributed by atoms with Crippen molar-refractivity contribution in [2.24, 2.45) is 0 Å². The average Bonchev–Trinajstić information content (AvgIpc) is 2.26. The van der Waals surface area contributed by atoms with E-state index in [1.165, 1.54) is 6.07 Å². The first-order valence-corrected chi connectivity index (χ1v) is 6.89. The number of hydrogen-bond donors (Lipinski definition) is 2. The van der Waals surface area contributed by atoms with Gasteiger partial charge in [-0.25, -0.2) is 12.8 Å². The van der Waals surface area contributed by atoms with Gasteiger partial charge in [0.05, 0.1) is 22.3 Å². The average molecular weight is 273 g/mol. The summed E-state index contributed by atoms with van der Waals surface area (Å²) in [6.07, 6.45) is -0.507. The lowest BCUT2D eigenvalue weighted by Crippen LogP contribution is -2.43. The van der Waals surface area contributed by atoms with Crippen LogP contribution < -0.4 is 5.32 Å². The Labute approximate surface area is 104 Å². The predicted octanol–water partition coefficient (Wildman–Crippen LogP) is 1.26. The quantitative estimate of drug-likeness (QED) is 0.847. The summed E-state index contributed by atoms with van der Waals surface area (Å²) in [6, 6.07) is 2.88. The summed E-state index contributed by atoms with van der Waals surface area (Å²) in [7, 11) is -3.83. The molecule has 0 fully saturated rings. The number of carboxylic acid groups (broad SMARTS) is 1. The number of hydrogen-bond acceptors (Lipinski definition) is 4. The number of carbonyl (C=O) groups is 1. The van der Waals surface area contributed by atoms with E-state index in [1.807, 2.05) is 0 Å². The Kier molecular flexibility index (Phi) is 3.02. The van der Waals surface area contributed by atoms with Gasteiger partial charge >= 0.3 is 5.97 Å². The first-order valence-electron chi connectivity index (χ1n) is 5.34. The van der Waals surface area contributed by atoms with Crippen molar-refractivity contribution in [3.8, 4) is 0 Å². The van der Waals surface area contributed by atoms with Gasteiger partial charge < -0.3 is 10.4 Å². The molecule has 0 saturated heterocycles. The molecule has 2 atom stereocenters. The fourth-order valence-electron chi connectivity index (χ4n) is 2.08. The van der Waals surface area contributed by atoms with Gasteiger partial charge in [0.25, 0.3) is 0 Å². The maximum Gasteiger partial charge on any atom is 0.304 e. The van der Waals surface area contributed by atoms with Gasteiger partial charge in [0.2, 0.25) is 0 Å². The Bertz CT molecular complexity index is 599. The number of halogens is 1. The van der Waals surface area contributed by atoms with Crippen LogP contribution in [0.4, 0.5) is 10.1 Å². The van der Waals surface area contributed by atoms with Crippen LogP contribution in [-0.4, -0.2) is 30.8 Å². The third-order valence-corrected chi connectivity index (χ3v) is 5.29. The fourth-order valence-corrected chi connectivity index (χ4v) is 4.08. The maximum absolute atomic E-state index is 13.1. The standard InChI is InChI=1S/C11H12FNO4S/c1-6-9(5-11(14)15)18(16,17)10-4-7(12)2-3-8(10)13-6/h2-4,6,9,13H,5H2,1H3,(H,14,15). The van der Waals surface area contributed by atoms with E-state index in [2.05, 4.69) is 5.32 Å². The van der Waals surface area contributed by atoms with Crippen LogP contribution in [0, 0.1) is 5.82 Å². The molecule has 1 aliphatic rings. The topological polar surface area (TPSA) is 83.5 Å². The first-order chi connectivity index (χ1) is 8.32. The van der Waals surface area contributed by atoms with Gasteiger partial charge in [-0.05, 0) is 25.1 Å². The number of fused-ring (bicyclic) bond motifs is 1. The molecule has 7 heteroatoms. The van der Waals surface area contributed by atoms with Crippen LogP contribution in [0.2, 0.25) is 0 Å². The summed E-state index contributed by atoms with van der Waals surface area (Å²) in [5.41, 5.74) is 0.311. The Morgan fingerprint density at radius 1 is 1.50 bits per heavy atom. The number of aliphatic carboxylic acids is 1. The molecule has 1 aromatic rings. The highest BCUT2D eigenvalue weighted by molar-refractivity contribution is 7.92. The molecule has 18 heavy (non-hydrogen) atoms. The molecular formula is C11H12FNO4S. The number of benzene rings is 1. The van der Waals surface area contributed by atoms with E-state index in [1.54, 1.807) is 6.92 Å². The number of nitrogens with one attached hydrogen (secondary N) is 1. The zero-order valence-corrected chi connectivity index (χ0v) is 10.4. The Balaban J connectivity index is 2.55. The predicted molar refractivity (Wildman–Crippen MR) is 62.7 cm³/mol. The molecular weight excluding hydrogens is 261 g/mol. The SMILES string of the molecule is CC1Nc2ccc(F)cc2S(=O)(=O)C1CC(=O)O. The van der Waals surface area contributed by atoms with Crippen LogP contribution >= 0.6 is 0 Å². The minimum absolute atomic E-state index is 0.174. The summed E-state index contributed by atoms with van der Waals surface area (Å²) in [4.78, 5) is 10.5. The van der Waals surface area contributed by atoms with E-state index in [0.29, 0.717) is 5.69 Å². The number of rotatable bonds is 2. The van der Waals surface area contributed by atoms with E-state index in [0.717, 1.165) is 12.1 Å². The minimum atomic E-state index is -3.83. The van der Waals surface area contributed by atoms with Crippen LogP contribution in [0.3, 0.4) is 0 Å². The highest BCUT2D eigenvalue weighted by Crippen LogP contribution is 2.34. The van der Waals surface area contributed by atoms with Crippen LogP contribution in [0.15, 0.2) is 23.1 Å². The maximum atomic E-state index is 13.1. The third kappa shape index (κ3) is 2.05. The highest BCUT2D eigenvalue weighted by Gasteiger charge is 2.40. The smallest absolute Gasteiger partial charge is 0.304 e. The second kappa shape index (κ2) is 4.24. The lowest BCUT2D eigenvalue weighted by molar-refractivity contribution is -0.137. The van der Waals surface area contributed by atoms with Gasteiger partial charge in [0, 0.05) is 6.04 Å². The van der Waals surface area contributed by atoms with Crippen molar-refractivity contribution >= 4 is 21.5 Å². The van der Waals surface area contributed by atoms with Gasteiger partial charge in [-0.3, -0.25) is 4.79 Å². The molecule has 0 amide bonds. The van der Waals surface area contributed by atoms with E-state index < -0.39 is 39.3 Å². The fraction of sp³-hybridized carbons (Fsp3) is 0.364. The summed E-state index contributed by atoms with van der Waals surface area (Å²) in [5, 5.41) is 10.5. The molecule has 98 valence electrons. The molecule has 0 aliphatic carbocycles. The van der Waals surface area contributed by atoms with Crippen LogP contribution in [-0.2, 0) is 14.6 Å². The highest BCUT2D eigenvalue weighted by atomic mass is 32.2. The molecule has 2 unspecified atom stereocenters. The lowest BCUT2D eigenvalue weighted by Gasteiger charge is -2.31. The summed E-state index contributed by atoms with van der Waals surface area (Å²) >= 11 is 0. The van der Waals surface area contributed by atoms with E-state index in [-0.39, 0.29) is 4.90 Å². The van der Waals surface area contributed by atoms with E-state index in [9.17, 15) is 17.6 Å². The van der Waals surface area contributed by atoms with Gasteiger partial charge in [0.15, 0.2) is 9.84 Å². The largest absolute Gasteiger partial charge is 0.481 e. The Hall–Kier alpha value is -1.63. The summed E-state index contributed by atoms with van der Waals surface area (Å²) in [6.45, 7) is 1.59. The van der Waals surface area contributed by atoms with Gasteiger partial charge in [-0.15, -0.1) is 0 Å². The molecule has 1 aliphatic heterocycles. The Morgan fingerprint density at radius 3 is 2.78 bits per heavy atom. The molecule has 0 spiro atoms. The van der Waals surface area contributed by atoms with Crippen molar-refractivity contribution in [3.63, 3.8) is 0 Å². The van der Waals surface area contributed by atoms with Gasteiger partial charge in [-0.1, -0.05) is 0 Å². The minimum Gasteiger partial charge on any atom is -0.481 e. The van der Waals surface area contributed by atoms with E-state index >= 15 is 0 Å². The van der Waals surface area contributed by atoms with Crippen molar-refractivity contribution in [1.82, 2.24) is 0 Å². The van der Waals surface area contributed by atoms with Crippen molar-refractivity contribution in [2.45, 2.75) is 29.5 Å². The lowest BCUT2D eigenvalue weighted by atomic mass is 10.1. The normalized spacial score (nSPS) is 25.0. The number of anilines is 1. The molecule has 0 saturated carbocycles. The summed E-state index contributed by atoms with van der Waals surface area (Å²) < 4.78 is 37.6. The van der Waals surface area contributed by atoms with Crippen LogP contribution in [0.25, 0.3) is 0 Å². The zero-order valence-electron chi connectivity index (χ0n) is 9.55. The third-order valence-electron chi connectivity index (χ3n) is 2.97. The van der Waals surface area contributed by atoms with Crippen molar-refractivity contribution < 1.29 is 22.7 Å². The first kappa shape index (κ1) is 12.8. The van der Waals surface area contributed by atoms with Gasteiger partial charge in [-0.2, -0.15) is 0 Å². The number of sulfone groups is 1. The molecule has 0 bridgehead atoms. The molecule has 2 N–H and O–H groups in total. The Morgan fingerprint density at radius 2 is 2.17 bits per heavy atom. The number of carboxylic acids is 1. The molecule has 0 radical (unpaired) electrons. The second-order valence-corrected chi connectivity index (χ2v) is 6.39. The molecule has 1 heterocycles. The van der Waals surface area contributed by atoms with Crippen molar-refractivity contribution in [2.75, 3.05) is 5.32 Å². The van der Waals surface area contributed by atoms with Crippen molar-refractivity contribution in [1.29, 1.82) is 0 Å². The zero-order chi connectivity index (χ0) is 13.5. The molecule has 1 aromatic carbocycles. The summed E-state index contributed by atoms with van der Waals surface area (Å²) in [5.74, 6) is -1.86. The van der Waals surface area contributed by atoms with Crippen molar-refractivity contribution in [3.05, 3.63) is 24.0 Å². The van der Waals surface area contributed by atoms with Gasteiger partial charge in [0.1, 0.15) is 5.82 Å². The van der Waals surface area contributed by atoms with Crippen LogP contribution in [0.1, 0.15) is 13.3 Å². The second-order valence-electron chi connectivity index (χ2n) is 4.25. The monoisotopic (exact) mass is 273 g/mol. The molecule has 2 rings (SSSR count). The molecule has 5 nitrogen and oxygen atoms in total. The van der Waals surface area contributed by atoms with Crippen LogP contribution in [0.5, 0.6) is 0 Å². The van der Waals surface area contributed by atoms with E-state index in [4.69, 9.17) is 5.11 Å². The molecule has 0 aromatic heterocycles.